The Bertz CT molecular complexity index is 1080. The monoisotopic (exact) mass is 452 g/mol. The Morgan fingerprint density at radius 2 is 1.73 bits per heavy atom. The first-order valence-electron chi connectivity index (χ1n) is 9.95. The molecule has 1 aliphatic rings. The van der Waals surface area contributed by atoms with Crippen LogP contribution in [0.2, 0.25) is 0 Å². The molecule has 30 heavy (non-hydrogen) atoms. The smallest absolute Gasteiger partial charge is 0.233 e. The Hall–Kier alpha value is -2.10. The summed E-state index contributed by atoms with van der Waals surface area (Å²) >= 11 is 0. The van der Waals surface area contributed by atoms with Gasteiger partial charge in [-0.15, -0.1) is 0 Å². The summed E-state index contributed by atoms with van der Waals surface area (Å²) in [5.74, 6) is 0.803. The SMILES string of the molecule is CCCS(=O)(=O)N1CCc2ccc(NS(=O)(=O)CCc3ccc(OC)cc3)cc2C1. The van der Waals surface area contributed by atoms with Crippen molar-refractivity contribution < 1.29 is 21.6 Å². The van der Waals surface area contributed by atoms with Gasteiger partial charge in [0.2, 0.25) is 20.0 Å². The van der Waals surface area contributed by atoms with Crippen molar-refractivity contribution >= 4 is 25.7 Å². The molecule has 1 heterocycles. The zero-order valence-electron chi connectivity index (χ0n) is 17.3. The summed E-state index contributed by atoms with van der Waals surface area (Å²) in [6, 6.07) is 12.7. The minimum atomic E-state index is -3.54. The molecule has 1 N–H and O–H groups in total. The van der Waals surface area contributed by atoms with Crippen molar-refractivity contribution in [2.75, 3.05) is 29.9 Å². The van der Waals surface area contributed by atoms with E-state index in [1.54, 1.807) is 31.4 Å². The van der Waals surface area contributed by atoms with Gasteiger partial charge in [-0.1, -0.05) is 25.1 Å². The summed E-state index contributed by atoms with van der Waals surface area (Å²) in [4.78, 5) is 0. The molecule has 0 amide bonds. The second-order valence-corrected chi connectivity index (χ2v) is 11.3. The lowest BCUT2D eigenvalue weighted by Gasteiger charge is -2.28. The number of rotatable bonds is 9. The molecule has 2 aromatic rings. The van der Waals surface area contributed by atoms with Crippen LogP contribution in [0, 0.1) is 0 Å². The Kier molecular flexibility index (Phi) is 7.05. The van der Waals surface area contributed by atoms with Crippen molar-refractivity contribution in [3.8, 4) is 5.75 Å². The van der Waals surface area contributed by atoms with Gasteiger partial charge in [-0.3, -0.25) is 4.72 Å². The van der Waals surface area contributed by atoms with Gasteiger partial charge in [0.1, 0.15) is 5.75 Å². The molecule has 0 unspecified atom stereocenters. The van der Waals surface area contributed by atoms with Gasteiger partial charge in [-0.05, 0) is 60.2 Å². The minimum Gasteiger partial charge on any atom is -0.497 e. The van der Waals surface area contributed by atoms with E-state index in [0.29, 0.717) is 31.5 Å². The molecule has 9 heteroatoms. The van der Waals surface area contributed by atoms with Crippen LogP contribution in [-0.2, 0) is 39.4 Å². The molecular formula is C21H28N2O5S2. The Labute approximate surface area is 179 Å². The maximum atomic E-state index is 12.5. The molecule has 0 aromatic heterocycles. The molecule has 0 saturated heterocycles. The number of fused-ring (bicyclic) bond motifs is 1. The van der Waals surface area contributed by atoms with Crippen LogP contribution in [0.5, 0.6) is 5.75 Å². The number of ether oxygens (including phenoxy) is 1. The van der Waals surface area contributed by atoms with Crippen LogP contribution in [0.15, 0.2) is 42.5 Å². The molecule has 0 spiro atoms. The third-order valence-corrected chi connectivity index (χ3v) is 8.44. The quantitative estimate of drug-likeness (QED) is 0.632. The van der Waals surface area contributed by atoms with Gasteiger partial charge in [0, 0.05) is 18.8 Å². The molecule has 0 saturated carbocycles. The third-order valence-electron chi connectivity index (χ3n) is 5.13. The van der Waals surface area contributed by atoms with Gasteiger partial charge in [-0.2, -0.15) is 4.31 Å². The number of anilines is 1. The number of aryl methyl sites for hydroxylation is 1. The van der Waals surface area contributed by atoms with Crippen molar-refractivity contribution in [2.24, 2.45) is 0 Å². The van der Waals surface area contributed by atoms with Crippen molar-refractivity contribution in [2.45, 2.75) is 32.7 Å². The molecule has 3 rings (SSSR count). The molecule has 0 bridgehead atoms. The highest BCUT2D eigenvalue weighted by atomic mass is 32.2. The summed E-state index contributed by atoms with van der Waals surface area (Å²) in [5, 5.41) is 0. The van der Waals surface area contributed by atoms with E-state index in [2.05, 4.69) is 4.72 Å². The third kappa shape index (κ3) is 5.74. The van der Waals surface area contributed by atoms with Gasteiger partial charge in [0.25, 0.3) is 0 Å². The highest BCUT2D eigenvalue weighted by Gasteiger charge is 2.26. The number of hydrogen-bond donors (Lipinski definition) is 1. The van der Waals surface area contributed by atoms with E-state index in [-0.39, 0.29) is 18.1 Å². The predicted octanol–water partition coefficient (Wildman–Crippen LogP) is 2.78. The van der Waals surface area contributed by atoms with E-state index in [1.165, 1.54) is 4.31 Å². The number of nitrogens with zero attached hydrogens (tertiary/aromatic N) is 1. The van der Waals surface area contributed by atoms with Crippen molar-refractivity contribution in [1.29, 1.82) is 0 Å². The maximum Gasteiger partial charge on any atom is 0.233 e. The van der Waals surface area contributed by atoms with Gasteiger partial charge >= 0.3 is 0 Å². The fourth-order valence-electron chi connectivity index (χ4n) is 3.49. The molecular weight excluding hydrogens is 424 g/mol. The molecule has 0 radical (unpaired) electrons. The fourth-order valence-corrected chi connectivity index (χ4v) is 6.07. The van der Waals surface area contributed by atoms with Crippen molar-refractivity contribution in [3.05, 3.63) is 59.2 Å². The summed E-state index contributed by atoms with van der Waals surface area (Å²) in [5.41, 5.74) is 3.26. The molecule has 1 aliphatic heterocycles. The van der Waals surface area contributed by atoms with Crippen molar-refractivity contribution in [3.63, 3.8) is 0 Å². The van der Waals surface area contributed by atoms with E-state index in [0.717, 1.165) is 22.4 Å². The summed E-state index contributed by atoms with van der Waals surface area (Å²) in [6.07, 6.45) is 1.58. The Morgan fingerprint density at radius 1 is 1.00 bits per heavy atom. The molecule has 164 valence electrons. The van der Waals surface area contributed by atoms with E-state index in [1.807, 2.05) is 25.1 Å². The second-order valence-electron chi connectivity index (χ2n) is 7.40. The average molecular weight is 453 g/mol. The van der Waals surface area contributed by atoms with Crippen LogP contribution in [0.3, 0.4) is 0 Å². The largest absolute Gasteiger partial charge is 0.497 e. The van der Waals surface area contributed by atoms with Crippen LogP contribution >= 0.6 is 0 Å². The Balaban J connectivity index is 1.66. The lowest BCUT2D eigenvalue weighted by Crippen LogP contribution is -2.37. The van der Waals surface area contributed by atoms with E-state index in [4.69, 9.17) is 4.74 Å². The number of nitrogens with one attached hydrogen (secondary N) is 1. The molecule has 0 fully saturated rings. The van der Waals surface area contributed by atoms with E-state index < -0.39 is 20.0 Å². The summed E-state index contributed by atoms with van der Waals surface area (Å²) in [6.45, 7) is 2.58. The highest BCUT2D eigenvalue weighted by Crippen LogP contribution is 2.25. The molecule has 0 aliphatic carbocycles. The van der Waals surface area contributed by atoms with Crippen molar-refractivity contribution in [1.82, 2.24) is 4.31 Å². The number of sulfonamides is 2. The first-order chi connectivity index (χ1) is 14.2. The van der Waals surface area contributed by atoms with E-state index in [9.17, 15) is 16.8 Å². The van der Waals surface area contributed by atoms with Gasteiger partial charge in [0.15, 0.2) is 0 Å². The van der Waals surface area contributed by atoms with Crippen LogP contribution in [0.1, 0.15) is 30.0 Å². The zero-order valence-corrected chi connectivity index (χ0v) is 18.9. The van der Waals surface area contributed by atoms with Crippen LogP contribution in [0.4, 0.5) is 5.69 Å². The standard InChI is InChI=1S/C21H28N2O5S2/c1-3-13-30(26,27)23-12-10-18-6-7-20(15-19(18)16-23)22-29(24,25)14-11-17-4-8-21(28-2)9-5-17/h4-9,15,22H,3,10-14,16H2,1-2H3. The molecule has 0 atom stereocenters. The lowest BCUT2D eigenvalue weighted by molar-refractivity contribution is 0.391. The maximum absolute atomic E-state index is 12.5. The number of benzene rings is 2. The minimum absolute atomic E-state index is 0.0482. The van der Waals surface area contributed by atoms with Crippen LogP contribution in [0.25, 0.3) is 0 Å². The Morgan fingerprint density at radius 3 is 2.40 bits per heavy atom. The highest BCUT2D eigenvalue weighted by molar-refractivity contribution is 7.92. The summed E-state index contributed by atoms with van der Waals surface area (Å²) in [7, 11) is -5.24. The number of methoxy groups -OCH3 is 1. The molecule has 7 nitrogen and oxygen atoms in total. The lowest BCUT2D eigenvalue weighted by atomic mass is 10.0. The van der Waals surface area contributed by atoms with Gasteiger partial charge in [0.05, 0.1) is 18.6 Å². The van der Waals surface area contributed by atoms with Crippen LogP contribution < -0.4 is 9.46 Å². The summed E-state index contributed by atoms with van der Waals surface area (Å²) < 4.78 is 59.0. The first kappa shape index (κ1) is 22.6. The van der Waals surface area contributed by atoms with Crippen LogP contribution in [-0.4, -0.2) is 46.3 Å². The van der Waals surface area contributed by atoms with Gasteiger partial charge < -0.3 is 4.74 Å². The number of hydrogen-bond acceptors (Lipinski definition) is 5. The first-order valence-corrected chi connectivity index (χ1v) is 13.2. The van der Waals surface area contributed by atoms with E-state index >= 15 is 0 Å². The average Bonchev–Trinajstić information content (AvgIpc) is 2.72. The second kappa shape index (κ2) is 9.36. The molecule has 2 aromatic carbocycles. The predicted molar refractivity (Wildman–Crippen MR) is 119 cm³/mol. The van der Waals surface area contributed by atoms with Gasteiger partial charge in [-0.25, -0.2) is 16.8 Å². The topological polar surface area (TPSA) is 92.8 Å². The fraction of sp³-hybridized carbons (Fsp3) is 0.429. The normalized spacial score (nSPS) is 14.9. The zero-order chi connectivity index (χ0) is 21.8.